The van der Waals surface area contributed by atoms with Crippen LogP contribution in [0, 0.1) is 0 Å². The zero-order valence-corrected chi connectivity index (χ0v) is 19.2. The van der Waals surface area contributed by atoms with Crippen molar-refractivity contribution >= 4 is 34.7 Å². The number of amides is 3. The Bertz CT molecular complexity index is 1110. The maximum atomic E-state index is 13.5. The van der Waals surface area contributed by atoms with Gasteiger partial charge in [0.15, 0.2) is 0 Å². The van der Waals surface area contributed by atoms with E-state index in [2.05, 4.69) is 13.8 Å². The number of hydrogen-bond donors (Lipinski definition) is 0. The van der Waals surface area contributed by atoms with Gasteiger partial charge in [-0.3, -0.25) is 14.4 Å². The van der Waals surface area contributed by atoms with E-state index < -0.39 is 6.04 Å². The van der Waals surface area contributed by atoms with Crippen LogP contribution in [0.15, 0.2) is 72.1 Å². The second kappa shape index (κ2) is 9.09. The second-order valence-corrected chi connectivity index (χ2v) is 9.26. The highest BCUT2D eigenvalue weighted by Gasteiger charge is 2.46. The van der Waals surface area contributed by atoms with Gasteiger partial charge in [0.1, 0.15) is 6.04 Å². The molecule has 2 unspecified atom stereocenters. The van der Waals surface area contributed by atoms with Crippen molar-refractivity contribution < 1.29 is 14.4 Å². The number of nitrogens with zero attached hydrogens (tertiary/aromatic N) is 2. The number of carbonyl (C=O) groups excluding carboxylic acids is 3. The molecule has 0 aliphatic carbocycles. The molecule has 1 aromatic heterocycles. The van der Waals surface area contributed by atoms with Crippen molar-refractivity contribution in [1.82, 2.24) is 4.90 Å². The van der Waals surface area contributed by atoms with Crippen LogP contribution in [0.1, 0.15) is 60.0 Å². The second-order valence-electron chi connectivity index (χ2n) is 8.31. The van der Waals surface area contributed by atoms with Gasteiger partial charge < -0.3 is 4.90 Å². The number of hydrogen-bond acceptors (Lipinski definition) is 4. The van der Waals surface area contributed by atoms with Crippen LogP contribution < -0.4 is 4.90 Å². The molecule has 32 heavy (non-hydrogen) atoms. The summed E-state index contributed by atoms with van der Waals surface area (Å²) in [5.74, 6) is -0.534. The van der Waals surface area contributed by atoms with E-state index in [1.165, 1.54) is 16.2 Å². The van der Waals surface area contributed by atoms with Gasteiger partial charge in [0, 0.05) is 0 Å². The molecule has 164 valence electrons. The molecule has 3 aromatic rings. The Kier molecular flexibility index (Phi) is 6.24. The fraction of sp³-hybridized carbons (Fsp3) is 0.269. The largest absolute Gasteiger partial charge is 0.319 e. The van der Waals surface area contributed by atoms with Crippen LogP contribution in [0.3, 0.4) is 0 Å². The lowest BCUT2D eigenvalue weighted by atomic mass is 10.0. The van der Waals surface area contributed by atoms with Crippen molar-refractivity contribution in [1.29, 1.82) is 0 Å². The highest BCUT2D eigenvalue weighted by molar-refractivity contribution is 7.12. The third kappa shape index (κ3) is 4.10. The molecule has 2 heterocycles. The smallest absolute Gasteiger partial charge is 0.265 e. The first-order chi connectivity index (χ1) is 15.4. The molecule has 3 amide bonds. The summed E-state index contributed by atoms with van der Waals surface area (Å²) in [5.41, 5.74) is 2.59. The Labute approximate surface area is 192 Å². The van der Waals surface area contributed by atoms with Crippen LogP contribution in [-0.2, 0) is 9.59 Å². The lowest BCUT2D eigenvalue weighted by molar-refractivity contribution is -0.122. The van der Waals surface area contributed by atoms with Gasteiger partial charge in [-0.1, -0.05) is 62.4 Å². The summed E-state index contributed by atoms with van der Waals surface area (Å²) in [4.78, 5) is 43.3. The minimum Gasteiger partial charge on any atom is -0.319 e. The summed E-state index contributed by atoms with van der Waals surface area (Å²) < 4.78 is 0. The van der Waals surface area contributed by atoms with Crippen LogP contribution in [0.5, 0.6) is 0 Å². The number of carbonyl (C=O) groups is 3. The zero-order valence-electron chi connectivity index (χ0n) is 18.4. The highest BCUT2D eigenvalue weighted by atomic mass is 32.1. The van der Waals surface area contributed by atoms with Gasteiger partial charge >= 0.3 is 0 Å². The fourth-order valence-electron chi connectivity index (χ4n) is 4.12. The van der Waals surface area contributed by atoms with Gasteiger partial charge in [0.25, 0.3) is 11.8 Å². The molecule has 0 bridgehead atoms. The monoisotopic (exact) mass is 446 g/mol. The third-order valence-corrected chi connectivity index (χ3v) is 6.80. The number of imide groups is 1. The average Bonchev–Trinajstić information content (AvgIpc) is 3.43. The van der Waals surface area contributed by atoms with Crippen LogP contribution in [-0.4, -0.2) is 28.7 Å². The summed E-state index contributed by atoms with van der Waals surface area (Å²) >= 11 is 1.33. The van der Waals surface area contributed by atoms with Gasteiger partial charge in [-0.15, -0.1) is 11.3 Å². The molecule has 6 heteroatoms. The minimum absolute atomic E-state index is 0.0287. The Hall–Kier alpha value is -3.25. The summed E-state index contributed by atoms with van der Waals surface area (Å²) in [6.45, 7) is 6.09. The van der Waals surface area contributed by atoms with E-state index in [-0.39, 0.29) is 30.2 Å². The first-order valence-electron chi connectivity index (χ1n) is 10.8. The molecule has 0 radical (unpaired) electrons. The maximum Gasteiger partial charge on any atom is 0.265 e. The van der Waals surface area contributed by atoms with E-state index in [1.54, 1.807) is 23.1 Å². The van der Waals surface area contributed by atoms with Crippen LogP contribution in [0.25, 0.3) is 0 Å². The van der Waals surface area contributed by atoms with Crippen molar-refractivity contribution in [3.8, 4) is 0 Å². The predicted octanol–water partition coefficient (Wildman–Crippen LogP) is 5.41. The van der Waals surface area contributed by atoms with Gasteiger partial charge in [0.2, 0.25) is 5.91 Å². The summed E-state index contributed by atoms with van der Waals surface area (Å²) in [5, 5.41) is 1.84. The standard InChI is InChI=1S/C26H26N2O3S/c1-17(2)19-11-13-21(14-12-19)28-24(29)16-22(25(28)30)27(26(31)23-10-7-15-32-23)18(3)20-8-5-4-6-9-20/h4-15,17-18,22H,16H2,1-3H3. The molecule has 1 fully saturated rings. The van der Waals surface area contributed by atoms with Gasteiger partial charge in [0.05, 0.1) is 23.0 Å². The Balaban J connectivity index is 1.69. The maximum absolute atomic E-state index is 13.5. The highest BCUT2D eigenvalue weighted by Crippen LogP contribution is 2.33. The molecule has 2 aromatic carbocycles. The lowest BCUT2D eigenvalue weighted by Crippen LogP contribution is -2.46. The zero-order chi connectivity index (χ0) is 22.8. The molecule has 0 saturated carbocycles. The number of rotatable bonds is 6. The molecule has 1 aliphatic rings. The van der Waals surface area contributed by atoms with E-state index in [4.69, 9.17) is 0 Å². The molecule has 0 N–H and O–H groups in total. The Morgan fingerprint density at radius 3 is 2.22 bits per heavy atom. The van der Waals surface area contributed by atoms with Gasteiger partial charge in [-0.2, -0.15) is 0 Å². The Morgan fingerprint density at radius 1 is 0.938 bits per heavy atom. The predicted molar refractivity (Wildman–Crippen MR) is 127 cm³/mol. The molecular weight excluding hydrogens is 420 g/mol. The van der Waals surface area contributed by atoms with E-state index >= 15 is 0 Å². The van der Waals surface area contributed by atoms with Crippen LogP contribution in [0.2, 0.25) is 0 Å². The normalized spacial score (nSPS) is 17.1. The van der Waals surface area contributed by atoms with E-state index in [1.807, 2.05) is 60.8 Å². The SMILES string of the molecule is CC(C)c1ccc(N2C(=O)CC(N(C(=O)c3cccs3)C(C)c3ccccc3)C2=O)cc1. The van der Waals surface area contributed by atoms with Crippen molar-refractivity contribution in [3.63, 3.8) is 0 Å². The molecular formula is C26H26N2O3S. The van der Waals surface area contributed by atoms with Crippen molar-refractivity contribution in [2.24, 2.45) is 0 Å². The summed E-state index contributed by atoms with van der Waals surface area (Å²) in [6, 6.07) is 19.4. The lowest BCUT2D eigenvalue weighted by Gasteiger charge is -2.33. The number of thiophene rings is 1. The molecule has 2 atom stereocenters. The van der Waals surface area contributed by atoms with Crippen LogP contribution >= 0.6 is 11.3 Å². The summed E-state index contributed by atoms with van der Waals surface area (Å²) in [7, 11) is 0. The fourth-order valence-corrected chi connectivity index (χ4v) is 4.79. The van der Waals surface area contributed by atoms with Crippen molar-refractivity contribution in [3.05, 3.63) is 88.1 Å². The number of benzene rings is 2. The molecule has 1 saturated heterocycles. The van der Waals surface area contributed by atoms with E-state index in [0.717, 1.165) is 11.1 Å². The van der Waals surface area contributed by atoms with E-state index in [0.29, 0.717) is 16.5 Å². The number of anilines is 1. The van der Waals surface area contributed by atoms with Crippen LogP contribution in [0.4, 0.5) is 5.69 Å². The Morgan fingerprint density at radius 2 is 1.62 bits per heavy atom. The van der Waals surface area contributed by atoms with Gasteiger partial charge in [-0.25, -0.2) is 4.90 Å². The average molecular weight is 447 g/mol. The first-order valence-corrected chi connectivity index (χ1v) is 11.6. The van der Waals surface area contributed by atoms with Gasteiger partial charge in [-0.05, 0) is 47.5 Å². The quantitative estimate of drug-likeness (QED) is 0.476. The summed E-state index contributed by atoms with van der Waals surface area (Å²) in [6.07, 6.45) is -0.0287. The first kappa shape index (κ1) is 22.0. The molecule has 4 rings (SSSR count). The molecule has 5 nitrogen and oxygen atoms in total. The van der Waals surface area contributed by atoms with E-state index in [9.17, 15) is 14.4 Å². The molecule has 1 aliphatic heterocycles. The third-order valence-electron chi connectivity index (χ3n) is 5.94. The molecule has 0 spiro atoms. The minimum atomic E-state index is -0.850. The topological polar surface area (TPSA) is 57.7 Å². The van der Waals surface area contributed by atoms with Crippen molar-refractivity contribution in [2.45, 2.75) is 45.2 Å². The van der Waals surface area contributed by atoms with Crippen molar-refractivity contribution in [2.75, 3.05) is 4.90 Å².